The zero-order valence-corrected chi connectivity index (χ0v) is 15.7. The molecular formula is C20H24N4O3. The lowest BCUT2D eigenvalue weighted by Crippen LogP contribution is -2.55. The van der Waals surface area contributed by atoms with Crippen LogP contribution in [0.5, 0.6) is 0 Å². The van der Waals surface area contributed by atoms with Gasteiger partial charge in [0.25, 0.3) is 11.8 Å². The Balaban J connectivity index is 1.29. The Bertz CT molecular complexity index is 826. The average molecular weight is 368 g/mol. The number of pyridine rings is 1. The molecule has 1 N–H and O–H groups in total. The summed E-state index contributed by atoms with van der Waals surface area (Å²) in [5, 5.41) is 6.98. The zero-order valence-electron chi connectivity index (χ0n) is 15.7. The van der Waals surface area contributed by atoms with E-state index in [0.29, 0.717) is 22.6 Å². The molecule has 1 saturated carbocycles. The Hall–Kier alpha value is -2.70. The third kappa shape index (κ3) is 3.34. The van der Waals surface area contributed by atoms with Crippen LogP contribution in [0, 0.1) is 19.3 Å². The summed E-state index contributed by atoms with van der Waals surface area (Å²) in [6.45, 7) is 5.06. The first-order valence-electron chi connectivity index (χ1n) is 9.40. The van der Waals surface area contributed by atoms with Gasteiger partial charge in [0.2, 0.25) is 0 Å². The minimum absolute atomic E-state index is 0.0156. The number of carbonyl (C=O) groups excluding carboxylic acids is 2. The minimum atomic E-state index is -0.0611. The summed E-state index contributed by atoms with van der Waals surface area (Å²) in [5.41, 5.74) is 2.10. The van der Waals surface area contributed by atoms with Gasteiger partial charge in [0, 0.05) is 31.5 Å². The van der Waals surface area contributed by atoms with Crippen molar-refractivity contribution in [1.29, 1.82) is 0 Å². The fourth-order valence-electron chi connectivity index (χ4n) is 4.39. The van der Waals surface area contributed by atoms with E-state index in [9.17, 15) is 9.59 Å². The predicted octanol–water partition coefficient (Wildman–Crippen LogP) is 2.50. The fourth-order valence-corrected chi connectivity index (χ4v) is 4.39. The van der Waals surface area contributed by atoms with E-state index in [1.54, 1.807) is 38.4 Å². The van der Waals surface area contributed by atoms with Crippen molar-refractivity contribution in [3.05, 3.63) is 47.1 Å². The topological polar surface area (TPSA) is 88.3 Å². The van der Waals surface area contributed by atoms with E-state index in [0.717, 1.165) is 38.8 Å². The summed E-state index contributed by atoms with van der Waals surface area (Å²) >= 11 is 0. The van der Waals surface area contributed by atoms with Crippen molar-refractivity contribution >= 4 is 11.8 Å². The Kier molecular flexibility index (Phi) is 4.45. The Morgan fingerprint density at radius 2 is 2.00 bits per heavy atom. The van der Waals surface area contributed by atoms with E-state index in [1.165, 1.54) is 0 Å². The summed E-state index contributed by atoms with van der Waals surface area (Å²) < 4.78 is 5.13. The van der Waals surface area contributed by atoms with Gasteiger partial charge >= 0.3 is 0 Å². The molecule has 1 saturated heterocycles. The predicted molar refractivity (Wildman–Crippen MR) is 98.3 cm³/mol. The second kappa shape index (κ2) is 6.79. The van der Waals surface area contributed by atoms with Crippen LogP contribution in [0.3, 0.4) is 0 Å². The highest BCUT2D eigenvalue weighted by Crippen LogP contribution is 2.49. The molecule has 142 valence electrons. The summed E-state index contributed by atoms with van der Waals surface area (Å²) in [5.74, 6) is 0.537. The van der Waals surface area contributed by atoms with Gasteiger partial charge in [-0.3, -0.25) is 14.6 Å². The fraction of sp³-hybridized carbons (Fsp3) is 0.500. The number of rotatable bonds is 3. The van der Waals surface area contributed by atoms with E-state index in [2.05, 4.69) is 15.5 Å². The van der Waals surface area contributed by atoms with Crippen LogP contribution in [0.25, 0.3) is 0 Å². The molecule has 2 aromatic heterocycles. The third-order valence-electron chi connectivity index (χ3n) is 5.98. The quantitative estimate of drug-likeness (QED) is 0.899. The summed E-state index contributed by atoms with van der Waals surface area (Å²) in [6, 6.07) is 3.75. The number of hydrogen-bond donors (Lipinski definition) is 1. The first kappa shape index (κ1) is 17.7. The number of nitrogens with one attached hydrogen (secondary N) is 1. The summed E-state index contributed by atoms with van der Waals surface area (Å²) in [7, 11) is 0. The van der Waals surface area contributed by atoms with E-state index in [1.807, 2.05) is 4.90 Å². The lowest BCUT2D eigenvalue weighted by Gasteiger charge is -2.52. The number of piperidine rings is 1. The van der Waals surface area contributed by atoms with Crippen LogP contribution >= 0.6 is 0 Å². The number of aryl methyl sites for hydroxylation is 2. The maximum absolute atomic E-state index is 12.7. The van der Waals surface area contributed by atoms with E-state index in [-0.39, 0.29) is 23.3 Å². The molecule has 3 heterocycles. The maximum atomic E-state index is 12.7. The van der Waals surface area contributed by atoms with Gasteiger partial charge in [-0.15, -0.1) is 0 Å². The number of nitrogens with zero attached hydrogens (tertiary/aromatic N) is 3. The van der Waals surface area contributed by atoms with Crippen LogP contribution in [0.4, 0.5) is 0 Å². The molecule has 4 rings (SSSR count). The van der Waals surface area contributed by atoms with Crippen molar-refractivity contribution in [2.24, 2.45) is 5.41 Å². The Morgan fingerprint density at radius 3 is 2.59 bits per heavy atom. The molecule has 7 nitrogen and oxygen atoms in total. The molecule has 0 aromatic carbocycles. The third-order valence-corrected chi connectivity index (χ3v) is 5.98. The molecule has 1 spiro atoms. The highest BCUT2D eigenvalue weighted by molar-refractivity contribution is 5.96. The Labute approximate surface area is 158 Å². The van der Waals surface area contributed by atoms with E-state index >= 15 is 0 Å². The van der Waals surface area contributed by atoms with Crippen LogP contribution < -0.4 is 5.32 Å². The monoisotopic (exact) mass is 368 g/mol. The number of likely N-dealkylation sites (tertiary alicyclic amines) is 1. The van der Waals surface area contributed by atoms with E-state index < -0.39 is 0 Å². The molecule has 1 aliphatic heterocycles. The van der Waals surface area contributed by atoms with Gasteiger partial charge in [0.05, 0.1) is 11.3 Å². The zero-order chi connectivity index (χ0) is 19.0. The average Bonchev–Trinajstić information content (AvgIpc) is 2.99. The smallest absolute Gasteiger partial charge is 0.259 e. The largest absolute Gasteiger partial charge is 0.361 e. The second-order valence-electron chi connectivity index (χ2n) is 7.81. The van der Waals surface area contributed by atoms with Gasteiger partial charge in [-0.25, -0.2) is 0 Å². The molecule has 7 heteroatoms. The van der Waals surface area contributed by atoms with Crippen LogP contribution in [-0.4, -0.2) is 46.0 Å². The van der Waals surface area contributed by atoms with Crippen molar-refractivity contribution in [2.45, 2.75) is 45.6 Å². The number of hydrogen-bond acceptors (Lipinski definition) is 5. The lowest BCUT2D eigenvalue weighted by molar-refractivity contribution is 0.00857. The number of carbonyl (C=O) groups is 2. The van der Waals surface area contributed by atoms with Gasteiger partial charge in [-0.1, -0.05) is 5.16 Å². The molecule has 0 bridgehead atoms. The van der Waals surface area contributed by atoms with Crippen molar-refractivity contribution < 1.29 is 14.1 Å². The summed E-state index contributed by atoms with van der Waals surface area (Å²) in [4.78, 5) is 30.9. The van der Waals surface area contributed by atoms with Crippen molar-refractivity contribution in [2.75, 3.05) is 13.1 Å². The molecule has 2 amide bonds. The van der Waals surface area contributed by atoms with Crippen LogP contribution in [0.1, 0.15) is 57.9 Å². The first-order chi connectivity index (χ1) is 13.0. The van der Waals surface area contributed by atoms with Crippen molar-refractivity contribution in [3.8, 4) is 0 Å². The molecule has 2 fully saturated rings. The number of amides is 2. The van der Waals surface area contributed by atoms with Crippen molar-refractivity contribution in [3.63, 3.8) is 0 Å². The minimum Gasteiger partial charge on any atom is -0.361 e. The van der Waals surface area contributed by atoms with Crippen molar-refractivity contribution in [1.82, 2.24) is 20.4 Å². The summed E-state index contributed by atoms with van der Waals surface area (Å²) in [6.07, 6.45) is 7.15. The highest BCUT2D eigenvalue weighted by atomic mass is 16.5. The van der Waals surface area contributed by atoms with E-state index in [4.69, 9.17) is 4.52 Å². The van der Waals surface area contributed by atoms with Gasteiger partial charge in [-0.2, -0.15) is 0 Å². The molecular weight excluding hydrogens is 344 g/mol. The normalized spacial score (nSPS) is 19.0. The molecule has 0 unspecified atom stereocenters. The highest BCUT2D eigenvalue weighted by Gasteiger charge is 2.47. The molecule has 2 aromatic rings. The number of aromatic nitrogens is 2. The molecule has 0 radical (unpaired) electrons. The molecule has 1 aliphatic carbocycles. The van der Waals surface area contributed by atoms with Crippen LogP contribution in [-0.2, 0) is 0 Å². The standard InChI is InChI=1S/C20H24N4O3/c1-13-17(14(2)27-23-13)19(26)24-8-5-20(6-9-24)10-16(11-20)22-18(25)15-4-3-7-21-12-15/h3-4,7,12,16H,5-6,8-11H2,1-2H3,(H,22,25). The van der Waals surface area contributed by atoms with Gasteiger partial charge < -0.3 is 14.7 Å². The first-order valence-corrected chi connectivity index (χ1v) is 9.40. The van der Waals surface area contributed by atoms with Gasteiger partial charge in [0.1, 0.15) is 11.3 Å². The van der Waals surface area contributed by atoms with Gasteiger partial charge in [0.15, 0.2) is 0 Å². The van der Waals surface area contributed by atoms with Crippen LogP contribution in [0.15, 0.2) is 29.0 Å². The molecule has 27 heavy (non-hydrogen) atoms. The molecule has 2 aliphatic rings. The lowest BCUT2D eigenvalue weighted by atomic mass is 9.60. The SMILES string of the molecule is Cc1noc(C)c1C(=O)N1CCC2(CC1)CC(NC(=O)c1cccnc1)C2. The maximum Gasteiger partial charge on any atom is 0.259 e. The van der Waals surface area contributed by atoms with Crippen LogP contribution in [0.2, 0.25) is 0 Å². The van der Waals surface area contributed by atoms with Gasteiger partial charge in [-0.05, 0) is 57.1 Å². The second-order valence-corrected chi connectivity index (χ2v) is 7.81. The molecule has 0 atom stereocenters. The Morgan fingerprint density at radius 1 is 1.26 bits per heavy atom.